The molecule has 0 bridgehead atoms. The molecule has 0 aliphatic carbocycles. The molecule has 0 aromatic heterocycles. The van der Waals surface area contributed by atoms with Gasteiger partial charge in [-0.15, -0.1) is 0 Å². The predicted molar refractivity (Wildman–Crippen MR) is 72.1 cm³/mol. The van der Waals surface area contributed by atoms with E-state index in [1.807, 2.05) is 13.8 Å². The standard InChI is InChI=1S/C15H22FNO/c1-4-5-8-11-17(12(2)3)15(18)13-9-6-7-10-14(13)16/h6-7,9-10,12H,4-5,8,11H2,1-3H3. The zero-order valence-corrected chi connectivity index (χ0v) is 11.4. The van der Waals surface area contributed by atoms with Gasteiger partial charge in [0.1, 0.15) is 5.82 Å². The minimum Gasteiger partial charge on any atom is -0.336 e. The topological polar surface area (TPSA) is 20.3 Å². The van der Waals surface area contributed by atoms with E-state index in [9.17, 15) is 9.18 Å². The van der Waals surface area contributed by atoms with Gasteiger partial charge < -0.3 is 4.90 Å². The molecule has 3 heteroatoms. The monoisotopic (exact) mass is 251 g/mol. The molecule has 1 rings (SSSR count). The molecule has 0 radical (unpaired) electrons. The molecule has 1 aromatic carbocycles. The summed E-state index contributed by atoms with van der Waals surface area (Å²) in [6.45, 7) is 6.74. The van der Waals surface area contributed by atoms with E-state index in [4.69, 9.17) is 0 Å². The van der Waals surface area contributed by atoms with Crippen LogP contribution in [0.25, 0.3) is 0 Å². The summed E-state index contributed by atoms with van der Waals surface area (Å²) in [6, 6.07) is 6.27. The maximum atomic E-state index is 13.6. The second-order valence-corrected chi connectivity index (χ2v) is 4.78. The van der Waals surface area contributed by atoms with Gasteiger partial charge in [0.15, 0.2) is 0 Å². The molecule has 1 amide bonds. The molecule has 0 atom stereocenters. The molecule has 0 aliphatic heterocycles. The van der Waals surface area contributed by atoms with Crippen molar-refractivity contribution < 1.29 is 9.18 Å². The third kappa shape index (κ3) is 3.83. The third-order valence-corrected chi connectivity index (χ3v) is 2.99. The number of carbonyl (C=O) groups is 1. The van der Waals surface area contributed by atoms with Gasteiger partial charge >= 0.3 is 0 Å². The Hall–Kier alpha value is -1.38. The second kappa shape index (κ2) is 7.14. The van der Waals surface area contributed by atoms with E-state index in [1.165, 1.54) is 6.07 Å². The van der Waals surface area contributed by atoms with Gasteiger partial charge in [-0.25, -0.2) is 4.39 Å². The van der Waals surface area contributed by atoms with Crippen molar-refractivity contribution in [3.05, 3.63) is 35.6 Å². The first-order valence-electron chi connectivity index (χ1n) is 6.63. The molecule has 2 nitrogen and oxygen atoms in total. The molecule has 1 aromatic rings. The van der Waals surface area contributed by atoms with Crippen molar-refractivity contribution in [3.8, 4) is 0 Å². The van der Waals surface area contributed by atoms with Crippen LogP contribution >= 0.6 is 0 Å². The highest BCUT2D eigenvalue weighted by Crippen LogP contribution is 2.13. The summed E-state index contributed by atoms with van der Waals surface area (Å²) >= 11 is 0. The minimum absolute atomic E-state index is 0.0916. The minimum atomic E-state index is -0.441. The highest BCUT2D eigenvalue weighted by molar-refractivity contribution is 5.94. The lowest BCUT2D eigenvalue weighted by atomic mass is 10.1. The van der Waals surface area contributed by atoms with Crippen LogP contribution in [0.3, 0.4) is 0 Å². The van der Waals surface area contributed by atoms with E-state index in [0.717, 1.165) is 19.3 Å². The van der Waals surface area contributed by atoms with Crippen molar-refractivity contribution in [2.75, 3.05) is 6.54 Å². The fraction of sp³-hybridized carbons (Fsp3) is 0.533. The van der Waals surface area contributed by atoms with Crippen molar-refractivity contribution in [3.63, 3.8) is 0 Å². The molecular formula is C15H22FNO. The van der Waals surface area contributed by atoms with Crippen molar-refractivity contribution in [1.29, 1.82) is 0 Å². The summed E-state index contributed by atoms with van der Waals surface area (Å²) in [5, 5.41) is 0. The molecular weight excluding hydrogens is 229 g/mol. The Balaban J connectivity index is 2.80. The molecule has 100 valence electrons. The van der Waals surface area contributed by atoms with Crippen LogP contribution < -0.4 is 0 Å². The van der Waals surface area contributed by atoms with Crippen molar-refractivity contribution >= 4 is 5.91 Å². The number of rotatable bonds is 6. The zero-order chi connectivity index (χ0) is 13.5. The molecule has 0 fully saturated rings. The van der Waals surface area contributed by atoms with Gasteiger partial charge in [-0.2, -0.15) is 0 Å². The van der Waals surface area contributed by atoms with Gasteiger partial charge in [0, 0.05) is 12.6 Å². The fourth-order valence-corrected chi connectivity index (χ4v) is 1.92. The number of hydrogen-bond acceptors (Lipinski definition) is 1. The van der Waals surface area contributed by atoms with Gasteiger partial charge in [0.25, 0.3) is 5.91 Å². The molecule has 0 unspecified atom stereocenters. The molecule has 0 spiro atoms. The number of amides is 1. The van der Waals surface area contributed by atoms with Crippen LogP contribution in [-0.4, -0.2) is 23.4 Å². The van der Waals surface area contributed by atoms with Crippen LogP contribution in [0.15, 0.2) is 24.3 Å². The first-order valence-corrected chi connectivity index (χ1v) is 6.63. The molecule has 0 heterocycles. The van der Waals surface area contributed by atoms with E-state index in [1.54, 1.807) is 23.1 Å². The lowest BCUT2D eigenvalue weighted by Crippen LogP contribution is -2.38. The number of benzene rings is 1. The molecule has 0 saturated heterocycles. The number of unbranched alkanes of at least 4 members (excludes halogenated alkanes) is 2. The Labute approximate surface area is 109 Å². The van der Waals surface area contributed by atoms with Gasteiger partial charge in [-0.1, -0.05) is 31.9 Å². The Bertz CT molecular complexity index is 390. The maximum absolute atomic E-state index is 13.6. The first kappa shape index (κ1) is 14.7. The third-order valence-electron chi connectivity index (χ3n) is 2.99. The number of halogens is 1. The quantitative estimate of drug-likeness (QED) is 0.703. The average Bonchev–Trinajstić information content (AvgIpc) is 2.34. The Kier molecular flexibility index (Phi) is 5.83. The predicted octanol–water partition coefficient (Wildman–Crippen LogP) is 3.87. The first-order chi connectivity index (χ1) is 8.57. The molecule has 18 heavy (non-hydrogen) atoms. The van der Waals surface area contributed by atoms with E-state index in [0.29, 0.717) is 6.54 Å². The largest absolute Gasteiger partial charge is 0.336 e. The normalized spacial score (nSPS) is 10.7. The van der Waals surface area contributed by atoms with Crippen LogP contribution in [0.1, 0.15) is 50.4 Å². The Morgan fingerprint density at radius 1 is 1.28 bits per heavy atom. The van der Waals surface area contributed by atoms with E-state index in [-0.39, 0.29) is 17.5 Å². The van der Waals surface area contributed by atoms with E-state index < -0.39 is 5.82 Å². The summed E-state index contributed by atoms with van der Waals surface area (Å²) in [7, 11) is 0. The smallest absolute Gasteiger partial charge is 0.257 e. The maximum Gasteiger partial charge on any atom is 0.257 e. The zero-order valence-electron chi connectivity index (χ0n) is 11.4. The van der Waals surface area contributed by atoms with Crippen LogP contribution in [0.4, 0.5) is 4.39 Å². The number of carbonyl (C=O) groups excluding carboxylic acids is 1. The van der Waals surface area contributed by atoms with Crippen LogP contribution in [0.2, 0.25) is 0 Å². The molecule has 0 saturated carbocycles. The Morgan fingerprint density at radius 2 is 1.94 bits per heavy atom. The number of hydrogen-bond donors (Lipinski definition) is 0. The summed E-state index contributed by atoms with van der Waals surface area (Å²) in [4.78, 5) is 14.0. The van der Waals surface area contributed by atoms with Crippen LogP contribution in [-0.2, 0) is 0 Å². The van der Waals surface area contributed by atoms with Gasteiger partial charge in [-0.05, 0) is 32.4 Å². The van der Waals surface area contributed by atoms with Crippen molar-refractivity contribution in [2.24, 2.45) is 0 Å². The highest BCUT2D eigenvalue weighted by Gasteiger charge is 2.20. The van der Waals surface area contributed by atoms with E-state index in [2.05, 4.69) is 6.92 Å². The van der Waals surface area contributed by atoms with E-state index >= 15 is 0 Å². The SMILES string of the molecule is CCCCCN(C(=O)c1ccccc1F)C(C)C. The van der Waals surface area contributed by atoms with Gasteiger partial charge in [0.05, 0.1) is 5.56 Å². The van der Waals surface area contributed by atoms with Gasteiger partial charge in [0.2, 0.25) is 0 Å². The summed E-state index contributed by atoms with van der Waals surface area (Å²) in [6.07, 6.45) is 3.17. The Morgan fingerprint density at radius 3 is 2.50 bits per heavy atom. The lowest BCUT2D eigenvalue weighted by Gasteiger charge is -2.27. The van der Waals surface area contributed by atoms with Crippen molar-refractivity contribution in [2.45, 2.75) is 46.1 Å². The molecule has 0 aliphatic rings. The summed E-state index contributed by atoms with van der Waals surface area (Å²) < 4.78 is 13.6. The van der Waals surface area contributed by atoms with Crippen LogP contribution in [0.5, 0.6) is 0 Å². The van der Waals surface area contributed by atoms with Crippen molar-refractivity contribution in [1.82, 2.24) is 4.90 Å². The second-order valence-electron chi connectivity index (χ2n) is 4.78. The summed E-state index contributed by atoms with van der Waals surface area (Å²) in [5.74, 6) is -0.650. The number of nitrogens with zero attached hydrogens (tertiary/aromatic N) is 1. The average molecular weight is 251 g/mol. The molecule has 0 N–H and O–H groups in total. The lowest BCUT2D eigenvalue weighted by molar-refractivity contribution is 0.0697. The van der Waals surface area contributed by atoms with Crippen LogP contribution in [0, 0.1) is 5.82 Å². The summed E-state index contributed by atoms with van der Waals surface area (Å²) in [5.41, 5.74) is 0.169. The van der Waals surface area contributed by atoms with Gasteiger partial charge in [-0.3, -0.25) is 4.79 Å². The highest BCUT2D eigenvalue weighted by atomic mass is 19.1. The fourth-order valence-electron chi connectivity index (χ4n) is 1.92.